The number of ether oxygens (including phenoxy) is 2. The van der Waals surface area contributed by atoms with Crippen LogP contribution in [0.3, 0.4) is 0 Å². The summed E-state index contributed by atoms with van der Waals surface area (Å²) < 4.78 is 28.7. The normalized spacial score (nSPS) is 10.4. The van der Waals surface area contributed by atoms with E-state index in [2.05, 4.69) is 0 Å². The second-order valence-corrected chi connectivity index (χ2v) is 5.81. The van der Waals surface area contributed by atoms with Crippen molar-refractivity contribution >= 4 is 17.4 Å². The lowest BCUT2D eigenvalue weighted by atomic mass is 10.1. The Kier molecular flexibility index (Phi) is 5.68. The number of rotatable bonds is 7. The van der Waals surface area contributed by atoms with Gasteiger partial charge in [-0.2, -0.15) is 0 Å². The van der Waals surface area contributed by atoms with Gasteiger partial charge in [0.1, 0.15) is 17.3 Å². The lowest BCUT2D eigenvalue weighted by molar-refractivity contribution is -0.384. The molecule has 3 rings (SSSR count). The van der Waals surface area contributed by atoms with Gasteiger partial charge in [-0.25, -0.2) is 9.18 Å². The number of nitro benzene ring substituents is 1. The maximum absolute atomic E-state index is 13.4. The van der Waals surface area contributed by atoms with Crippen LogP contribution in [0.4, 0.5) is 10.1 Å². The molecule has 2 aromatic carbocycles. The number of carbonyl (C=O) groups is 2. The van der Waals surface area contributed by atoms with E-state index >= 15 is 0 Å². The number of esters is 1. The Morgan fingerprint density at radius 3 is 2.48 bits per heavy atom. The van der Waals surface area contributed by atoms with Gasteiger partial charge in [-0.1, -0.05) is 0 Å². The molecular formula is C20H14FNO7. The third-order valence-corrected chi connectivity index (χ3v) is 3.97. The van der Waals surface area contributed by atoms with Gasteiger partial charge in [0, 0.05) is 17.7 Å². The highest BCUT2D eigenvalue weighted by molar-refractivity contribution is 6.01. The largest absolute Gasteiger partial charge is 0.496 e. The fraction of sp³-hybridized carbons (Fsp3) is 0.100. The number of nitrogens with zero attached hydrogens (tertiary/aromatic N) is 1. The van der Waals surface area contributed by atoms with Crippen LogP contribution in [0.2, 0.25) is 0 Å². The number of carbonyl (C=O) groups excluding carboxylic acids is 2. The first-order chi connectivity index (χ1) is 13.9. The monoisotopic (exact) mass is 399 g/mol. The average Bonchev–Trinajstić information content (AvgIpc) is 3.22. The van der Waals surface area contributed by atoms with Gasteiger partial charge >= 0.3 is 5.97 Å². The number of halogens is 1. The Hall–Kier alpha value is -4.01. The van der Waals surface area contributed by atoms with E-state index in [1.165, 1.54) is 49.6 Å². The molecule has 0 N–H and O–H groups in total. The Morgan fingerprint density at radius 2 is 1.83 bits per heavy atom. The summed E-state index contributed by atoms with van der Waals surface area (Å²) in [5.41, 5.74) is 0.396. The Labute approximate surface area is 163 Å². The van der Waals surface area contributed by atoms with Crippen LogP contribution in [0.25, 0.3) is 11.3 Å². The first-order valence-corrected chi connectivity index (χ1v) is 8.27. The summed E-state index contributed by atoms with van der Waals surface area (Å²) in [6.07, 6.45) is 0. The summed E-state index contributed by atoms with van der Waals surface area (Å²) in [4.78, 5) is 34.5. The quantitative estimate of drug-likeness (QED) is 0.255. The van der Waals surface area contributed by atoms with E-state index in [1.807, 2.05) is 0 Å². The molecule has 0 bridgehead atoms. The molecule has 0 amide bonds. The smallest absolute Gasteiger partial charge is 0.374 e. The van der Waals surface area contributed by atoms with E-state index in [9.17, 15) is 24.1 Å². The number of hydrogen-bond acceptors (Lipinski definition) is 7. The molecule has 3 aromatic rings. The van der Waals surface area contributed by atoms with Crippen molar-refractivity contribution in [2.24, 2.45) is 0 Å². The molecule has 0 saturated carbocycles. The van der Waals surface area contributed by atoms with Crippen molar-refractivity contribution in [2.45, 2.75) is 0 Å². The van der Waals surface area contributed by atoms with Gasteiger partial charge in [-0.15, -0.1) is 0 Å². The van der Waals surface area contributed by atoms with Gasteiger partial charge in [0.2, 0.25) is 11.5 Å². The molecule has 0 fully saturated rings. The minimum absolute atomic E-state index is 0.0497. The first kappa shape index (κ1) is 19.7. The molecule has 8 nitrogen and oxygen atoms in total. The summed E-state index contributed by atoms with van der Waals surface area (Å²) >= 11 is 0. The molecule has 1 aromatic heterocycles. The lowest BCUT2D eigenvalue weighted by Gasteiger charge is -2.08. The van der Waals surface area contributed by atoms with Crippen LogP contribution in [0.15, 0.2) is 59.0 Å². The van der Waals surface area contributed by atoms with Crippen LogP contribution in [0.5, 0.6) is 5.75 Å². The molecule has 9 heteroatoms. The van der Waals surface area contributed by atoms with Crippen LogP contribution >= 0.6 is 0 Å². The van der Waals surface area contributed by atoms with Crippen molar-refractivity contribution in [3.8, 4) is 17.1 Å². The van der Waals surface area contributed by atoms with Crippen LogP contribution in [0, 0.1) is 15.9 Å². The third kappa shape index (κ3) is 4.46. The standard InChI is InChI=1S/C20H14FNO7/c1-27-18-7-4-13(21)10-15(18)16(23)11-28-20(24)19-9-8-17(29-19)12-2-5-14(6-3-12)22(25)26/h2-10H,11H2,1H3. The van der Waals surface area contributed by atoms with Crippen LogP contribution in [-0.2, 0) is 4.74 Å². The van der Waals surface area contributed by atoms with E-state index in [4.69, 9.17) is 13.9 Å². The van der Waals surface area contributed by atoms with Gasteiger partial charge < -0.3 is 13.9 Å². The van der Waals surface area contributed by atoms with E-state index in [-0.39, 0.29) is 22.8 Å². The van der Waals surface area contributed by atoms with Gasteiger partial charge in [0.05, 0.1) is 17.6 Å². The van der Waals surface area contributed by atoms with Crippen molar-refractivity contribution in [1.29, 1.82) is 0 Å². The maximum atomic E-state index is 13.4. The fourth-order valence-electron chi connectivity index (χ4n) is 2.53. The van der Waals surface area contributed by atoms with E-state index in [0.717, 1.165) is 12.1 Å². The van der Waals surface area contributed by atoms with Gasteiger partial charge in [-0.3, -0.25) is 14.9 Å². The summed E-state index contributed by atoms with van der Waals surface area (Å²) in [6, 6.07) is 11.9. The van der Waals surface area contributed by atoms with Gasteiger partial charge in [-0.05, 0) is 42.5 Å². The zero-order valence-corrected chi connectivity index (χ0v) is 15.1. The highest BCUT2D eigenvalue weighted by Crippen LogP contribution is 2.25. The Balaban J connectivity index is 1.67. The topological polar surface area (TPSA) is 109 Å². The highest BCUT2D eigenvalue weighted by Gasteiger charge is 2.19. The molecule has 0 radical (unpaired) electrons. The number of methoxy groups -OCH3 is 1. The number of furan rings is 1. The van der Waals surface area contributed by atoms with Crippen molar-refractivity contribution < 1.29 is 32.8 Å². The Bertz CT molecular complexity index is 1070. The number of benzene rings is 2. The molecule has 0 aliphatic rings. The van der Waals surface area contributed by atoms with Gasteiger partial charge in [0.15, 0.2) is 6.61 Å². The minimum Gasteiger partial charge on any atom is -0.496 e. The molecule has 1 heterocycles. The first-order valence-electron chi connectivity index (χ1n) is 8.27. The summed E-state index contributed by atoms with van der Waals surface area (Å²) in [5.74, 6) is -1.86. The summed E-state index contributed by atoms with van der Waals surface area (Å²) in [7, 11) is 1.33. The second-order valence-electron chi connectivity index (χ2n) is 5.81. The van der Waals surface area contributed by atoms with Crippen LogP contribution < -0.4 is 4.74 Å². The van der Waals surface area contributed by atoms with Crippen LogP contribution in [0.1, 0.15) is 20.9 Å². The highest BCUT2D eigenvalue weighted by atomic mass is 19.1. The van der Waals surface area contributed by atoms with Gasteiger partial charge in [0.25, 0.3) is 5.69 Å². The van der Waals surface area contributed by atoms with E-state index in [1.54, 1.807) is 0 Å². The SMILES string of the molecule is COc1ccc(F)cc1C(=O)COC(=O)c1ccc(-c2ccc([N+](=O)[O-])cc2)o1. The van der Waals surface area contributed by atoms with E-state index < -0.39 is 29.1 Å². The molecule has 0 saturated heterocycles. The molecule has 0 spiro atoms. The van der Waals surface area contributed by atoms with Crippen molar-refractivity contribution in [3.63, 3.8) is 0 Å². The predicted octanol–water partition coefficient (Wildman–Crippen LogP) is 4.04. The zero-order valence-electron chi connectivity index (χ0n) is 15.1. The zero-order chi connectivity index (χ0) is 21.0. The number of non-ortho nitro benzene ring substituents is 1. The Morgan fingerprint density at radius 1 is 1.10 bits per heavy atom. The molecule has 0 atom stereocenters. The summed E-state index contributed by atoms with van der Waals surface area (Å²) in [6.45, 7) is -0.633. The second kappa shape index (κ2) is 8.34. The van der Waals surface area contributed by atoms with Crippen molar-refractivity contribution in [2.75, 3.05) is 13.7 Å². The lowest BCUT2D eigenvalue weighted by Crippen LogP contribution is -2.15. The number of Topliss-reactive ketones (excluding diaryl/α,β-unsaturated/α-hetero) is 1. The fourth-order valence-corrected chi connectivity index (χ4v) is 2.53. The number of ketones is 1. The molecule has 29 heavy (non-hydrogen) atoms. The van der Waals surface area contributed by atoms with Crippen LogP contribution in [-0.4, -0.2) is 30.4 Å². The maximum Gasteiger partial charge on any atom is 0.374 e. The molecular weight excluding hydrogens is 385 g/mol. The molecule has 148 valence electrons. The number of nitro groups is 1. The summed E-state index contributed by atoms with van der Waals surface area (Å²) in [5, 5.41) is 10.7. The molecule has 0 aliphatic heterocycles. The molecule has 0 unspecified atom stereocenters. The average molecular weight is 399 g/mol. The minimum atomic E-state index is -0.887. The third-order valence-electron chi connectivity index (χ3n) is 3.97. The predicted molar refractivity (Wildman–Crippen MR) is 98.4 cm³/mol. The van der Waals surface area contributed by atoms with Crippen molar-refractivity contribution in [3.05, 3.63) is 81.9 Å². The van der Waals surface area contributed by atoms with E-state index in [0.29, 0.717) is 11.3 Å². The molecule has 0 aliphatic carbocycles. The number of hydrogen-bond donors (Lipinski definition) is 0. The van der Waals surface area contributed by atoms with Crippen molar-refractivity contribution in [1.82, 2.24) is 0 Å².